The molecule has 0 fully saturated rings. The number of rotatable bonds is 7. The normalized spacial score (nSPS) is 13.0. The SMILES string of the molecule is CCOC(=O)c1c(NC(=O)COC(=O)c2ccc(-c3nc(C)c(C)[nH]3)cc2)sc2c1CCCCC2. The van der Waals surface area contributed by atoms with Gasteiger partial charge in [0.05, 0.1) is 23.4 Å². The molecule has 2 aromatic heterocycles. The van der Waals surface area contributed by atoms with Gasteiger partial charge in [0.25, 0.3) is 5.91 Å². The molecule has 0 bridgehead atoms. The first-order valence-electron chi connectivity index (χ1n) is 11.8. The van der Waals surface area contributed by atoms with Crippen LogP contribution in [-0.4, -0.2) is 41.0 Å². The summed E-state index contributed by atoms with van der Waals surface area (Å²) in [5, 5.41) is 3.22. The summed E-state index contributed by atoms with van der Waals surface area (Å²) in [7, 11) is 0. The first-order valence-corrected chi connectivity index (χ1v) is 12.6. The third-order valence-corrected chi connectivity index (χ3v) is 7.22. The van der Waals surface area contributed by atoms with Crippen molar-refractivity contribution in [2.24, 2.45) is 0 Å². The zero-order valence-electron chi connectivity index (χ0n) is 20.2. The number of imidazole rings is 1. The highest BCUT2D eigenvalue weighted by molar-refractivity contribution is 7.17. The summed E-state index contributed by atoms with van der Waals surface area (Å²) in [5.41, 5.74) is 4.49. The Morgan fingerprint density at radius 2 is 1.77 bits per heavy atom. The molecule has 0 unspecified atom stereocenters. The molecule has 4 rings (SSSR count). The fraction of sp³-hybridized carbons (Fsp3) is 0.385. The van der Waals surface area contributed by atoms with Crippen molar-refractivity contribution in [2.75, 3.05) is 18.5 Å². The Morgan fingerprint density at radius 1 is 1.03 bits per heavy atom. The van der Waals surface area contributed by atoms with Crippen molar-refractivity contribution in [1.29, 1.82) is 0 Å². The fourth-order valence-electron chi connectivity index (χ4n) is 4.08. The number of carbonyl (C=O) groups excluding carboxylic acids is 3. The van der Waals surface area contributed by atoms with Gasteiger partial charge in [-0.2, -0.15) is 0 Å². The van der Waals surface area contributed by atoms with Crippen LogP contribution in [0.3, 0.4) is 0 Å². The van der Waals surface area contributed by atoms with E-state index in [-0.39, 0.29) is 6.61 Å². The number of thiophene rings is 1. The zero-order chi connectivity index (χ0) is 24.9. The van der Waals surface area contributed by atoms with E-state index in [1.54, 1.807) is 31.2 Å². The Kier molecular flexibility index (Phi) is 7.65. The molecular weight excluding hydrogens is 466 g/mol. The smallest absolute Gasteiger partial charge is 0.341 e. The third-order valence-electron chi connectivity index (χ3n) is 6.01. The summed E-state index contributed by atoms with van der Waals surface area (Å²) in [6.07, 6.45) is 4.84. The Labute approximate surface area is 208 Å². The van der Waals surface area contributed by atoms with E-state index in [4.69, 9.17) is 9.47 Å². The lowest BCUT2D eigenvalue weighted by Gasteiger charge is -2.09. The fourth-order valence-corrected chi connectivity index (χ4v) is 5.37. The molecule has 9 heteroatoms. The Hall–Kier alpha value is -3.46. The number of esters is 2. The molecule has 184 valence electrons. The lowest BCUT2D eigenvalue weighted by atomic mass is 10.1. The second-order valence-electron chi connectivity index (χ2n) is 8.49. The first-order chi connectivity index (χ1) is 16.9. The molecule has 1 aromatic carbocycles. The van der Waals surface area contributed by atoms with E-state index in [1.807, 2.05) is 13.8 Å². The van der Waals surface area contributed by atoms with Crippen molar-refractivity contribution in [3.63, 3.8) is 0 Å². The average molecular weight is 496 g/mol. The van der Waals surface area contributed by atoms with Crippen molar-refractivity contribution in [2.45, 2.75) is 52.9 Å². The minimum atomic E-state index is -0.605. The van der Waals surface area contributed by atoms with Gasteiger partial charge in [-0.25, -0.2) is 14.6 Å². The van der Waals surface area contributed by atoms with Gasteiger partial charge in [-0.1, -0.05) is 18.6 Å². The molecule has 0 saturated carbocycles. The van der Waals surface area contributed by atoms with Crippen LogP contribution in [-0.2, 0) is 27.1 Å². The summed E-state index contributed by atoms with van der Waals surface area (Å²) in [6.45, 7) is 5.43. The maximum absolute atomic E-state index is 12.6. The van der Waals surface area contributed by atoms with Crippen LogP contribution in [0.15, 0.2) is 24.3 Å². The van der Waals surface area contributed by atoms with Gasteiger partial charge in [0.1, 0.15) is 10.8 Å². The monoisotopic (exact) mass is 495 g/mol. The number of carbonyl (C=O) groups is 3. The van der Waals surface area contributed by atoms with E-state index < -0.39 is 24.5 Å². The summed E-state index contributed by atoms with van der Waals surface area (Å²) in [6, 6.07) is 6.83. The summed E-state index contributed by atoms with van der Waals surface area (Å²) in [5.74, 6) is -0.808. The molecule has 0 aliphatic heterocycles. The molecule has 0 saturated heterocycles. The van der Waals surface area contributed by atoms with Crippen LogP contribution in [0.1, 0.15) is 68.7 Å². The molecule has 1 aliphatic carbocycles. The minimum absolute atomic E-state index is 0.256. The molecule has 1 amide bonds. The number of aryl methyl sites for hydroxylation is 3. The third kappa shape index (κ3) is 5.62. The van der Waals surface area contributed by atoms with Gasteiger partial charge in [-0.15, -0.1) is 11.3 Å². The molecule has 2 heterocycles. The predicted molar refractivity (Wildman–Crippen MR) is 134 cm³/mol. The highest BCUT2D eigenvalue weighted by Crippen LogP contribution is 2.38. The molecule has 3 aromatic rings. The predicted octanol–water partition coefficient (Wildman–Crippen LogP) is 5.00. The van der Waals surface area contributed by atoms with Gasteiger partial charge >= 0.3 is 11.9 Å². The Morgan fingerprint density at radius 3 is 2.46 bits per heavy atom. The van der Waals surface area contributed by atoms with E-state index >= 15 is 0 Å². The van der Waals surface area contributed by atoms with Crippen LogP contribution in [0, 0.1) is 13.8 Å². The first kappa shape index (κ1) is 24.7. The average Bonchev–Trinajstić information content (AvgIpc) is 3.26. The van der Waals surface area contributed by atoms with Crippen LogP contribution < -0.4 is 5.32 Å². The zero-order valence-corrected chi connectivity index (χ0v) is 21.0. The molecular formula is C26H29N3O5S. The second kappa shape index (κ2) is 10.9. The number of nitrogens with one attached hydrogen (secondary N) is 2. The van der Waals surface area contributed by atoms with E-state index in [2.05, 4.69) is 15.3 Å². The van der Waals surface area contributed by atoms with Crippen molar-refractivity contribution < 1.29 is 23.9 Å². The topological polar surface area (TPSA) is 110 Å². The maximum Gasteiger partial charge on any atom is 0.341 e. The lowest BCUT2D eigenvalue weighted by Crippen LogP contribution is -2.22. The van der Waals surface area contributed by atoms with E-state index in [0.29, 0.717) is 16.1 Å². The van der Waals surface area contributed by atoms with Gasteiger partial charge in [-0.05, 0) is 64.2 Å². The van der Waals surface area contributed by atoms with Gasteiger partial charge in [-0.3, -0.25) is 4.79 Å². The number of hydrogen-bond acceptors (Lipinski definition) is 7. The quantitative estimate of drug-likeness (QED) is 0.353. The lowest BCUT2D eigenvalue weighted by molar-refractivity contribution is -0.119. The molecule has 0 atom stereocenters. The number of aromatic nitrogens is 2. The number of hydrogen-bond donors (Lipinski definition) is 2. The number of anilines is 1. The highest BCUT2D eigenvalue weighted by atomic mass is 32.1. The molecule has 0 spiro atoms. The number of fused-ring (bicyclic) bond motifs is 1. The van der Waals surface area contributed by atoms with Crippen LogP contribution >= 0.6 is 11.3 Å². The van der Waals surface area contributed by atoms with E-state index in [0.717, 1.165) is 65.3 Å². The van der Waals surface area contributed by atoms with Gasteiger partial charge in [0.2, 0.25) is 0 Å². The Bertz CT molecular complexity index is 1220. The number of nitrogens with zero attached hydrogens (tertiary/aromatic N) is 1. The summed E-state index contributed by atoms with van der Waals surface area (Å²) in [4.78, 5) is 46.5. The van der Waals surface area contributed by atoms with Gasteiger partial charge in [0, 0.05) is 16.1 Å². The molecule has 0 radical (unpaired) electrons. The van der Waals surface area contributed by atoms with Crippen molar-refractivity contribution in [1.82, 2.24) is 9.97 Å². The minimum Gasteiger partial charge on any atom is -0.462 e. The maximum atomic E-state index is 12.6. The molecule has 2 N–H and O–H groups in total. The van der Waals surface area contributed by atoms with Crippen molar-refractivity contribution in [3.8, 4) is 11.4 Å². The summed E-state index contributed by atoms with van der Waals surface area (Å²) >= 11 is 1.41. The van der Waals surface area contributed by atoms with Crippen molar-refractivity contribution in [3.05, 3.63) is 57.2 Å². The Balaban J connectivity index is 1.40. The largest absolute Gasteiger partial charge is 0.462 e. The van der Waals surface area contributed by atoms with Crippen LogP contribution in [0.5, 0.6) is 0 Å². The number of aromatic amines is 1. The molecule has 35 heavy (non-hydrogen) atoms. The van der Waals surface area contributed by atoms with Crippen molar-refractivity contribution >= 4 is 34.2 Å². The highest BCUT2D eigenvalue weighted by Gasteiger charge is 2.26. The van der Waals surface area contributed by atoms with Crippen LogP contribution in [0.25, 0.3) is 11.4 Å². The molecule has 1 aliphatic rings. The van der Waals surface area contributed by atoms with Gasteiger partial charge in [0.15, 0.2) is 6.61 Å². The number of H-pyrrole nitrogens is 1. The summed E-state index contributed by atoms with van der Waals surface area (Å²) < 4.78 is 10.5. The van der Waals surface area contributed by atoms with Gasteiger partial charge < -0.3 is 19.8 Å². The number of benzene rings is 1. The second-order valence-corrected chi connectivity index (χ2v) is 9.59. The van der Waals surface area contributed by atoms with Crippen LogP contribution in [0.2, 0.25) is 0 Å². The standard InChI is InChI=1S/C26H29N3O5S/c1-4-33-26(32)22-19-8-6-5-7-9-20(19)35-24(22)29-21(30)14-34-25(31)18-12-10-17(11-13-18)23-27-15(2)16(3)28-23/h10-13H,4-9,14H2,1-3H3,(H,27,28)(H,29,30). The number of ether oxygens (including phenoxy) is 2. The van der Waals surface area contributed by atoms with Crippen LogP contribution in [0.4, 0.5) is 5.00 Å². The number of amides is 1. The van der Waals surface area contributed by atoms with E-state index in [1.165, 1.54) is 11.3 Å². The molecule has 8 nitrogen and oxygen atoms in total. The van der Waals surface area contributed by atoms with E-state index in [9.17, 15) is 14.4 Å².